The highest BCUT2D eigenvalue weighted by molar-refractivity contribution is 5.38. The third kappa shape index (κ3) is 5.04. The molecule has 2 nitrogen and oxygen atoms in total. The van der Waals surface area contributed by atoms with Gasteiger partial charge in [-0.05, 0) is 57.3 Å². The van der Waals surface area contributed by atoms with Gasteiger partial charge in [0, 0.05) is 6.04 Å². The molecule has 1 aromatic rings. The smallest absolute Gasteiger partial charge is 0.0994 e. The number of rotatable bonds is 2. The number of hydrogen-bond donors (Lipinski definition) is 0. The van der Waals surface area contributed by atoms with Crippen LogP contribution in [-0.4, -0.2) is 24.0 Å². The van der Waals surface area contributed by atoms with E-state index < -0.39 is 0 Å². The lowest BCUT2D eigenvalue weighted by molar-refractivity contribution is 0.276. The van der Waals surface area contributed by atoms with Gasteiger partial charge in [-0.1, -0.05) is 32.0 Å². The Labute approximate surface area is 118 Å². The molecule has 0 N–H and O–H groups in total. The van der Waals surface area contributed by atoms with Gasteiger partial charge in [-0.15, -0.1) is 0 Å². The van der Waals surface area contributed by atoms with Gasteiger partial charge < -0.3 is 4.90 Å². The predicted molar refractivity (Wildman–Crippen MR) is 81.2 cm³/mol. The van der Waals surface area contributed by atoms with E-state index in [0.29, 0.717) is 5.92 Å². The highest BCUT2D eigenvalue weighted by Gasteiger charge is 2.13. The van der Waals surface area contributed by atoms with Crippen molar-refractivity contribution in [3.63, 3.8) is 0 Å². The first-order valence-electron chi connectivity index (χ1n) is 7.29. The van der Waals surface area contributed by atoms with Gasteiger partial charge in [-0.25, -0.2) is 0 Å². The van der Waals surface area contributed by atoms with Gasteiger partial charge in [0.2, 0.25) is 0 Å². The van der Waals surface area contributed by atoms with Gasteiger partial charge in [0.05, 0.1) is 11.6 Å². The number of nitrogens with zero attached hydrogens (tertiary/aromatic N) is 2. The van der Waals surface area contributed by atoms with E-state index in [0.717, 1.165) is 17.2 Å². The van der Waals surface area contributed by atoms with E-state index in [2.05, 4.69) is 38.7 Å². The van der Waals surface area contributed by atoms with Crippen LogP contribution in [0.3, 0.4) is 0 Å². The molecule has 0 unspecified atom stereocenters. The fourth-order valence-corrected chi connectivity index (χ4v) is 2.36. The molecule has 2 rings (SSSR count). The fourth-order valence-electron chi connectivity index (χ4n) is 2.36. The molecule has 0 atom stereocenters. The van der Waals surface area contributed by atoms with E-state index >= 15 is 0 Å². The summed E-state index contributed by atoms with van der Waals surface area (Å²) < 4.78 is 0. The largest absolute Gasteiger partial charge is 0.301 e. The summed E-state index contributed by atoms with van der Waals surface area (Å²) in [5.74, 6) is 0.436. The molecule has 1 saturated heterocycles. The zero-order valence-electron chi connectivity index (χ0n) is 12.7. The highest BCUT2D eigenvalue weighted by atomic mass is 15.2. The first kappa shape index (κ1) is 15.7. The first-order chi connectivity index (χ1) is 9.06. The lowest BCUT2D eigenvalue weighted by Crippen LogP contribution is -2.26. The molecule has 1 heterocycles. The van der Waals surface area contributed by atoms with Crippen LogP contribution in [0.4, 0.5) is 0 Å². The molecule has 1 aromatic carbocycles. The van der Waals surface area contributed by atoms with E-state index in [-0.39, 0.29) is 0 Å². The van der Waals surface area contributed by atoms with Crippen LogP contribution in [0.1, 0.15) is 57.6 Å². The molecule has 1 aliphatic heterocycles. The van der Waals surface area contributed by atoms with E-state index in [9.17, 15) is 0 Å². The second kappa shape index (κ2) is 7.96. The average molecular weight is 258 g/mol. The van der Waals surface area contributed by atoms with Gasteiger partial charge in [0.15, 0.2) is 0 Å². The topological polar surface area (TPSA) is 27.0 Å². The number of nitriles is 1. The quantitative estimate of drug-likeness (QED) is 0.796. The standard InChI is InChI=1S/C10H11N.C7H15N/c1-8(2)10-6-4-3-5-9(10)7-11;1-7(2)8-5-3-4-6-8/h3-6,8H,1-2H3;7H,3-6H2,1-2H3. The fraction of sp³-hybridized carbons (Fsp3) is 0.588. The van der Waals surface area contributed by atoms with E-state index in [1.54, 1.807) is 0 Å². The molecule has 0 amide bonds. The molecule has 19 heavy (non-hydrogen) atoms. The van der Waals surface area contributed by atoms with E-state index in [4.69, 9.17) is 5.26 Å². The zero-order chi connectivity index (χ0) is 14.3. The lowest BCUT2D eigenvalue weighted by atomic mass is 9.98. The zero-order valence-corrected chi connectivity index (χ0v) is 12.7. The van der Waals surface area contributed by atoms with E-state index in [1.807, 2.05) is 24.3 Å². The summed E-state index contributed by atoms with van der Waals surface area (Å²) in [6.45, 7) is 11.4. The van der Waals surface area contributed by atoms with Crippen molar-refractivity contribution in [1.82, 2.24) is 4.90 Å². The van der Waals surface area contributed by atoms with Gasteiger partial charge in [-0.2, -0.15) is 5.26 Å². The molecular weight excluding hydrogens is 232 g/mol. The van der Waals surface area contributed by atoms with Gasteiger partial charge >= 0.3 is 0 Å². The van der Waals surface area contributed by atoms with Crippen LogP contribution in [0.5, 0.6) is 0 Å². The summed E-state index contributed by atoms with van der Waals surface area (Å²) in [5.41, 5.74) is 1.93. The van der Waals surface area contributed by atoms with Crippen LogP contribution < -0.4 is 0 Å². The normalized spacial score (nSPS) is 15.2. The molecule has 0 saturated carbocycles. The summed E-state index contributed by atoms with van der Waals surface area (Å²) >= 11 is 0. The summed E-state index contributed by atoms with van der Waals surface area (Å²) in [6, 6.07) is 10.7. The molecule has 1 aliphatic rings. The Morgan fingerprint density at radius 3 is 2.00 bits per heavy atom. The minimum absolute atomic E-state index is 0.436. The van der Waals surface area contributed by atoms with E-state index in [1.165, 1.54) is 25.9 Å². The number of benzene rings is 1. The molecule has 1 fully saturated rings. The van der Waals surface area contributed by atoms with Gasteiger partial charge in [0.25, 0.3) is 0 Å². The van der Waals surface area contributed by atoms with Crippen LogP contribution in [0, 0.1) is 11.3 Å². The highest BCUT2D eigenvalue weighted by Crippen LogP contribution is 2.17. The van der Waals surface area contributed by atoms with Gasteiger partial charge in [-0.3, -0.25) is 0 Å². The third-order valence-electron chi connectivity index (χ3n) is 3.57. The number of hydrogen-bond acceptors (Lipinski definition) is 2. The maximum absolute atomic E-state index is 8.72. The molecule has 0 aliphatic carbocycles. The summed E-state index contributed by atoms with van der Waals surface area (Å²) in [7, 11) is 0. The molecular formula is C17H26N2. The Morgan fingerprint density at radius 1 is 1.05 bits per heavy atom. The van der Waals surface area contributed by atoms with Crippen molar-refractivity contribution in [2.75, 3.05) is 13.1 Å². The van der Waals surface area contributed by atoms with Crippen LogP contribution in [-0.2, 0) is 0 Å². The van der Waals surface area contributed by atoms with Crippen LogP contribution in [0.25, 0.3) is 0 Å². The van der Waals surface area contributed by atoms with Crippen molar-refractivity contribution in [2.24, 2.45) is 0 Å². The minimum atomic E-state index is 0.436. The second-order valence-electron chi connectivity index (χ2n) is 5.69. The Bertz CT molecular complexity index is 410. The summed E-state index contributed by atoms with van der Waals surface area (Å²) in [4.78, 5) is 2.53. The third-order valence-corrected chi connectivity index (χ3v) is 3.57. The molecule has 0 bridgehead atoms. The van der Waals surface area contributed by atoms with Crippen molar-refractivity contribution < 1.29 is 0 Å². The Balaban J connectivity index is 0.000000200. The lowest BCUT2D eigenvalue weighted by Gasteiger charge is -2.18. The van der Waals surface area contributed by atoms with Crippen molar-refractivity contribution in [2.45, 2.75) is 52.5 Å². The molecule has 0 radical (unpaired) electrons. The van der Waals surface area contributed by atoms with Gasteiger partial charge in [0.1, 0.15) is 0 Å². The SMILES string of the molecule is CC(C)N1CCCC1.CC(C)c1ccccc1C#N. The second-order valence-corrected chi connectivity index (χ2v) is 5.69. The molecule has 0 spiro atoms. The molecule has 2 heteroatoms. The number of likely N-dealkylation sites (tertiary alicyclic amines) is 1. The Kier molecular flexibility index (Phi) is 6.59. The predicted octanol–water partition coefficient (Wildman–Crippen LogP) is 4.17. The maximum atomic E-state index is 8.72. The monoisotopic (exact) mass is 258 g/mol. The Hall–Kier alpha value is -1.33. The van der Waals surface area contributed by atoms with Crippen LogP contribution >= 0.6 is 0 Å². The van der Waals surface area contributed by atoms with Crippen molar-refractivity contribution in [3.05, 3.63) is 35.4 Å². The Morgan fingerprint density at radius 2 is 1.63 bits per heavy atom. The molecule has 0 aromatic heterocycles. The average Bonchev–Trinajstić information content (AvgIpc) is 2.93. The van der Waals surface area contributed by atoms with Crippen LogP contribution in [0.15, 0.2) is 24.3 Å². The van der Waals surface area contributed by atoms with Crippen molar-refractivity contribution >= 4 is 0 Å². The van der Waals surface area contributed by atoms with Crippen molar-refractivity contribution in [3.8, 4) is 6.07 Å². The maximum Gasteiger partial charge on any atom is 0.0994 e. The minimum Gasteiger partial charge on any atom is -0.301 e. The first-order valence-corrected chi connectivity index (χ1v) is 7.29. The van der Waals surface area contributed by atoms with Crippen LogP contribution in [0.2, 0.25) is 0 Å². The molecule has 104 valence electrons. The summed E-state index contributed by atoms with van der Waals surface area (Å²) in [5, 5.41) is 8.72. The summed E-state index contributed by atoms with van der Waals surface area (Å²) in [6.07, 6.45) is 2.83. The van der Waals surface area contributed by atoms with Crippen molar-refractivity contribution in [1.29, 1.82) is 5.26 Å².